The second-order valence-electron chi connectivity index (χ2n) is 5.95. The molecule has 3 aromatic heterocycles. The molecule has 3 heterocycles. The molecule has 0 bridgehead atoms. The van der Waals surface area contributed by atoms with Crippen molar-refractivity contribution in [2.75, 3.05) is 5.32 Å². The summed E-state index contributed by atoms with van der Waals surface area (Å²) in [7, 11) is 0. The molecule has 134 valence electrons. The molecule has 1 N–H and O–H groups in total. The largest absolute Gasteiger partial charge is 0.428 e. The first-order valence-corrected chi connectivity index (χ1v) is 9.51. The summed E-state index contributed by atoms with van der Waals surface area (Å²) < 4.78 is 5.16. The van der Waals surface area contributed by atoms with E-state index in [9.17, 15) is 0 Å². The van der Waals surface area contributed by atoms with Gasteiger partial charge in [-0.2, -0.15) is 0 Å². The van der Waals surface area contributed by atoms with Gasteiger partial charge in [0.1, 0.15) is 0 Å². The number of thiophene rings is 1. The summed E-state index contributed by atoms with van der Waals surface area (Å²) in [5.41, 5.74) is 4.54. The van der Waals surface area contributed by atoms with E-state index in [4.69, 9.17) is 4.42 Å². The number of hydrogen-bond donors (Lipinski definition) is 1. The van der Waals surface area contributed by atoms with E-state index in [1.807, 2.05) is 30.7 Å². The smallest absolute Gasteiger partial charge is 0.216 e. The molecule has 0 saturated carbocycles. The fraction of sp³-hybridized carbons (Fsp3) is 0.0952. The highest BCUT2D eigenvalue weighted by molar-refractivity contribution is 7.13. The van der Waals surface area contributed by atoms with Crippen molar-refractivity contribution in [1.29, 1.82) is 0 Å². The van der Waals surface area contributed by atoms with Gasteiger partial charge in [0, 0.05) is 46.7 Å². The number of rotatable bonds is 7. The Hall–Kier alpha value is -3.25. The van der Waals surface area contributed by atoms with Crippen LogP contribution in [0.5, 0.6) is 0 Å². The molecule has 0 spiro atoms. The molecular weight excluding hydrogens is 356 g/mol. The molecule has 4 aromatic rings. The lowest BCUT2D eigenvalue weighted by atomic mass is 10.1. The molecule has 0 aliphatic rings. The van der Waals surface area contributed by atoms with Crippen LogP contribution in [0, 0.1) is 0 Å². The zero-order valence-electron chi connectivity index (χ0n) is 14.6. The number of hydrogen-bond acceptors (Lipinski definition) is 6. The number of anilines is 1. The lowest BCUT2D eigenvalue weighted by Gasteiger charge is -2.05. The zero-order valence-corrected chi connectivity index (χ0v) is 15.4. The molecular formula is C21H18N4OS. The van der Waals surface area contributed by atoms with E-state index in [0.29, 0.717) is 5.89 Å². The Kier molecular flexibility index (Phi) is 5.36. The van der Waals surface area contributed by atoms with E-state index >= 15 is 0 Å². The topological polar surface area (TPSA) is 63.8 Å². The highest BCUT2D eigenvalue weighted by Gasteiger charge is 2.03. The van der Waals surface area contributed by atoms with Crippen molar-refractivity contribution in [2.45, 2.75) is 12.8 Å². The summed E-state index contributed by atoms with van der Waals surface area (Å²) in [5.74, 6) is 0.665. The number of pyridine rings is 1. The molecule has 0 radical (unpaired) electrons. The van der Waals surface area contributed by atoms with Crippen LogP contribution >= 0.6 is 11.3 Å². The Balaban J connectivity index is 1.38. The van der Waals surface area contributed by atoms with Crippen LogP contribution in [0.25, 0.3) is 16.5 Å². The number of aryl methyl sites for hydroxylation is 2. The van der Waals surface area contributed by atoms with Crippen molar-refractivity contribution in [3.63, 3.8) is 0 Å². The predicted molar refractivity (Wildman–Crippen MR) is 108 cm³/mol. The maximum absolute atomic E-state index is 5.16. The molecule has 6 heteroatoms. The quantitative estimate of drug-likeness (QED) is 0.490. The minimum Gasteiger partial charge on any atom is -0.428 e. The van der Waals surface area contributed by atoms with E-state index in [1.54, 1.807) is 11.3 Å². The molecule has 0 unspecified atom stereocenters. The first-order chi connectivity index (χ1) is 13.4. The number of benzene rings is 1. The highest BCUT2D eigenvalue weighted by atomic mass is 32.1. The average Bonchev–Trinajstić information content (AvgIpc) is 3.42. The second kappa shape index (κ2) is 8.42. The summed E-state index contributed by atoms with van der Waals surface area (Å²) in [5, 5.41) is 13.0. The Morgan fingerprint density at radius 1 is 1.07 bits per heavy atom. The summed E-state index contributed by atoms with van der Waals surface area (Å²) in [4.78, 5) is 5.48. The molecule has 0 amide bonds. The van der Waals surface area contributed by atoms with E-state index in [2.05, 4.69) is 62.3 Å². The molecule has 1 aromatic carbocycles. The number of nitrogens with zero attached hydrogens (tertiary/aromatic N) is 3. The van der Waals surface area contributed by atoms with Gasteiger partial charge in [-0.25, -0.2) is 0 Å². The van der Waals surface area contributed by atoms with Crippen molar-refractivity contribution in [3.05, 3.63) is 89.8 Å². The molecule has 27 heavy (non-hydrogen) atoms. The number of nitrogens with one attached hydrogen (secondary N) is 1. The standard InChI is InChI=1S/C21H18N4OS/c1-2-20(27-13-1)19-10-11-22-14-17(19)9-12-23-18-6-3-16(4-7-18)5-8-21-25-24-15-26-21/h1-4,6-7,9-15,23H,5,8H2/b12-9+. The van der Waals surface area contributed by atoms with Crippen molar-refractivity contribution in [1.82, 2.24) is 15.2 Å². The SMILES string of the molecule is C(=C\c1cnccc1-c1cccs1)/Nc1ccc(CCc2nnco2)cc1. The summed E-state index contributed by atoms with van der Waals surface area (Å²) >= 11 is 1.73. The molecule has 5 nitrogen and oxygen atoms in total. The lowest BCUT2D eigenvalue weighted by Crippen LogP contribution is -1.93. The van der Waals surface area contributed by atoms with Crippen LogP contribution in [0.2, 0.25) is 0 Å². The van der Waals surface area contributed by atoms with E-state index in [0.717, 1.165) is 24.1 Å². The van der Waals surface area contributed by atoms with Crippen LogP contribution in [-0.2, 0) is 12.8 Å². The Morgan fingerprint density at radius 2 is 2.00 bits per heavy atom. The minimum absolute atomic E-state index is 0.665. The molecule has 0 saturated heterocycles. The third kappa shape index (κ3) is 4.48. The van der Waals surface area contributed by atoms with Gasteiger partial charge in [0.25, 0.3) is 0 Å². The van der Waals surface area contributed by atoms with Crippen LogP contribution in [0.15, 0.2) is 77.2 Å². The van der Waals surface area contributed by atoms with Crippen molar-refractivity contribution < 1.29 is 4.42 Å². The lowest BCUT2D eigenvalue weighted by molar-refractivity contribution is 0.492. The first-order valence-electron chi connectivity index (χ1n) is 8.63. The van der Waals surface area contributed by atoms with Crippen LogP contribution in [0.3, 0.4) is 0 Å². The van der Waals surface area contributed by atoms with Crippen LogP contribution in [0.1, 0.15) is 17.0 Å². The first kappa shape index (κ1) is 17.2. The minimum atomic E-state index is 0.665. The van der Waals surface area contributed by atoms with Gasteiger partial charge in [-0.05, 0) is 47.7 Å². The van der Waals surface area contributed by atoms with Gasteiger partial charge >= 0.3 is 0 Å². The monoisotopic (exact) mass is 374 g/mol. The summed E-state index contributed by atoms with van der Waals surface area (Å²) in [6.45, 7) is 0. The summed E-state index contributed by atoms with van der Waals surface area (Å²) in [6.07, 6.45) is 10.7. The van der Waals surface area contributed by atoms with Gasteiger partial charge in [0.05, 0.1) is 0 Å². The van der Waals surface area contributed by atoms with E-state index in [1.165, 1.54) is 22.4 Å². The average molecular weight is 374 g/mol. The van der Waals surface area contributed by atoms with Gasteiger partial charge in [0.15, 0.2) is 0 Å². The highest BCUT2D eigenvalue weighted by Crippen LogP contribution is 2.28. The van der Waals surface area contributed by atoms with Crippen LogP contribution < -0.4 is 5.32 Å². The molecule has 0 aliphatic heterocycles. The molecule has 0 fully saturated rings. The van der Waals surface area contributed by atoms with Gasteiger partial charge in [-0.15, -0.1) is 21.5 Å². The maximum atomic E-state index is 5.16. The normalized spacial score (nSPS) is 11.1. The van der Waals surface area contributed by atoms with Crippen molar-refractivity contribution in [2.24, 2.45) is 0 Å². The van der Waals surface area contributed by atoms with E-state index < -0.39 is 0 Å². The fourth-order valence-electron chi connectivity index (χ4n) is 2.75. The van der Waals surface area contributed by atoms with Crippen LogP contribution in [0.4, 0.5) is 5.69 Å². The van der Waals surface area contributed by atoms with Gasteiger partial charge in [-0.1, -0.05) is 18.2 Å². The second-order valence-corrected chi connectivity index (χ2v) is 6.89. The summed E-state index contributed by atoms with van der Waals surface area (Å²) in [6, 6.07) is 14.6. The Morgan fingerprint density at radius 3 is 2.78 bits per heavy atom. The Bertz CT molecular complexity index is 993. The van der Waals surface area contributed by atoms with Gasteiger partial charge < -0.3 is 9.73 Å². The van der Waals surface area contributed by atoms with Crippen LogP contribution in [-0.4, -0.2) is 15.2 Å². The van der Waals surface area contributed by atoms with Gasteiger partial charge in [0.2, 0.25) is 12.3 Å². The Labute approximate surface area is 161 Å². The third-order valence-electron chi connectivity index (χ3n) is 4.14. The van der Waals surface area contributed by atoms with Gasteiger partial charge in [-0.3, -0.25) is 4.98 Å². The van der Waals surface area contributed by atoms with Crippen molar-refractivity contribution in [3.8, 4) is 10.4 Å². The van der Waals surface area contributed by atoms with E-state index in [-0.39, 0.29) is 0 Å². The third-order valence-corrected chi connectivity index (χ3v) is 5.04. The predicted octanol–water partition coefficient (Wildman–Crippen LogP) is 5.06. The zero-order chi connectivity index (χ0) is 18.3. The number of aromatic nitrogens is 3. The molecule has 4 rings (SSSR count). The molecule has 0 atom stereocenters. The fourth-order valence-corrected chi connectivity index (χ4v) is 3.52. The maximum Gasteiger partial charge on any atom is 0.216 e. The van der Waals surface area contributed by atoms with Crippen molar-refractivity contribution >= 4 is 23.1 Å². The molecule has 0 aliphatic carbocycles.